The standard InChI is InChI=1S/2C8H19NO2.C4H6O4/c2*1-7(2,10)5-9-6-8(3,4)11;5-3(6)1-2-4(7)8/h2*9-11H,5-6H2,1-4H3;1-2H2,(H,5,6)(H,7,8). The SMILES string of the molecule is CC(C)(O)CNCC(C)(C)O.CC(C)(O)CNCC(C)(C)O.O=C(O)CCC(=O)O. The van der Waals surface area contributed by atoms with Crippen LogP contribution in [0.3, 0.4) is 0 Å². The normalized spacial score (nSPS) is 12.3. The number of carbonyl (C=O) groups is 2. The van der Waals surface area contributed by atoms with Crippen LogP contribution >= 0.6 is 0 Å². The summed E-state index contributed by atoms with van der Waals surface area (Å²) in [7, 11) is 0. The van der Waals surface area contributed by atoms with Crippen LogP contribution in [0, 0.1) is 0 Å². The Bertz CT molecular complexity index is 397. The smallest absolute Gasteiger partial charge is 0.303 e. The van der Waals surface area contributed by atoms with Gasteiger partial charge in [-0.1, -0.05) is 0 Å². The first-order valence-electron chi connectivity index (χ1n) is 9.79. The molecule has 182 valence electrons. The largest absolute Gasteiger partial charge is 0.481 e. The lowest BCUT2D eigenvalue weighted by atomic mass is 10.1. The minimum Gasteiger partial charge on any atom is -0.481 e. The van der Waals surface area contributed by atoms with Crippen LogP contribution in [-0.2, 0) is 9.59 Å². The van der Waals surface area contributed by atoms with Gasteiger partial charge in [0.05, 0.1) is 35.2 Å². The number of carboxylic acid groups (broad SMARTS) is 2. The number of rotatable bonds is 11. The minimum atomic E-state index is -1.08. The van der Waals surface area contributed by atoms with Crippen molar-refractivity contribution in [1.82, 2.24) is 10.6 Å². The molecule has 0 saturated carbocycles. The Morgan fingerprint density at radius 2 is 0.700 bits per heavy atom. The summed E-state index contributed by atoms with van der Waals surface area (Å²) in [4.78, 5) is 19.3. The molecule has 0 unspecified atom stereocenters. The van der Waals surface area contributed by atoms with Crippen molar-refractivity contribution >= 4 is 11.9 Å². The van der Waals surface area contributed by atoms with Gasteiger partial charge in [-0.3, -0.25) is 9.59 Å². The second-order valence-corrected chi connectivity index (χ2v) is 9.74. The summed E-state index contributed by atoms with van der Waals surface area (Å²) in [6, 6.07) is 0. The highest BCUT2D eigenvalue weighted by molar-refractivity contribution is 5.75. The van der Waals surface area contributed by atoms with Crippen LogP contribution in [0.15, 0.2) is 0 Å². The van der Waals surface area contributed by atoms with Gasteiger partial charge in [-0.25, -0.2) is 0 Å². The highest BCUT2D eigenvalue weighted by Crippen LogP contribution is 2.01. The molecule has 0 spiro atoms. The van der Waals surface area contributed by atoms with E-state index in [0.717, 1.165) is 0 Å². The fraction of sp³-hybridized carbons (Fsp3) is 0.900. The molecule has 0 aromatic rings. The number of carboxylic acids is 2. The van der Waals surface area contributed by atoms with Gasteiger partial charge in [-0.2, -0.15) is 0 Å². The maximum absolute atomic E-state index is 9.64. The lowest BCUT2D eigenvalue weighted by Gasteiger charge is -2.22. The van der Waals surface area contributed by atoms with Gasteiger partial charge in [-0.05, 0) is 55.4 Å². The summed E-state index contributed by atoms with van der Waals surface area (Å²) in [5, 5.41) is 58.8. The number of aliphatic carboxylic acids is 2. The van der Waals surface area contributed by atoms with Gasteiger partial charge in [0.25, 0.3) is 0 Å². The maximum Gasteiger partial charge on any atom is 0.303 e. The Kier molecular flexibility index (Phi) is 16.3. The number of nitrogens with one attached hydrogen (secondary N) is 2. The molecule has 0 fully saturated rings. The predicted molar refractivity (Wildman–Crippen MR) is 115 cm³/mol. The predicted octanol–water partition coefficient (Wildman–Crippen LogP) is 0.171. The Hall–Kier alpha value is -1.30. The lowest BCUT2D eigenvalue weighted by molar-refractivity contribution is -0.143. The summed E-state index contributed by atoms with van der Waals surface area (Å²) in [5.74, 6) is -2.15. The fourth-order valence-electron chi connectivity index (χ4n) is 1.56. The van der Waals surface area contributed by atoms with Crippen LogP contribution in [0.4, 0.5) is 0 Å². The maximum atomic E-state index is 9.64. The van der Waals surface area contributed by atoms with E-state index in [1.807, 2.05) is 0 Å². The zero-order valence-electron chi connectivity index (χ0n) is 19.7. The molecule has 10 heteroatoms. The third-order valence-electron chi connectivity index (χ3n) is 2.78. The molecule has 0 rings (SSSR count). The average Bonchev–Trinajstić information content (AvgIpc) is 2.40. The zero-order valence-corrected chi connectivity index (χ0v) is 19.7. The van der Waals surface area contributed by atoms with Crippen LogP contribution < -0.4 is 10.6 Å². The van der Waals surface area contributed by atoms with E-state index < -0.39 is 34.3 Å². The van der Waals surface area contributed by atoms with Crippen LogP contribution in [0.5, 0.6) is 0 Å². The van der Waals surface area contributed by atoms with Crippen LogP contribution in [0.25, 0.3) is 0 Å². The van der Waals surface area contributed by atoms with Crippen LogP contribution in [-0.4, -0.2) is 91.2 Å². The average molecular weight is 441 g/mol. The number of hydrogen-bond donors (Lipinski definition) is 8. The molecule has 0 aromatic carbocycles. The molecule has 0 aliphatic heterocycles. The van der Waals surface area contributed by atoms with Gasteiger partial charge in [0.15, 0.2) is 0 Å². The van der Waals surface area contributed by atoms with E-state index in [1.165, 1.54) is 0 Å². The molecule has 0 atom stereocenters. The van der Waals surface area contributed by atoms with E-state index in [1.54, 1.807) is 55.4 Å². The molecular formula is C20H44N2O8. The van der Waals surface area contributed by atoms with E-state index in [2.05, 4.69) is 10.6 Å². The van der Waals surface area contributed by atoms with Gasteiger partial charge in [0.2, 0.25) is 0 Å². The van der Waals surface area contributed by atoms with Crippen LogP contribution in [0.2, 0.25) is 0 Å². The molecule has 30 heavy (non-hydrogen) atoms. The Morgan fingerprint density at radius 3 is 0.800 bits per heavy atom. The van der Waals surface area contributed by atoms with Gasteiger partial charge in [-0.15, -0.1) is 0 Å². The quantitative estimate of drug-likeness (QED) is 0.221. The highest BCUT2D eigenvalue weighted by atomic mass is 16.4. The van der Waals surface area contributed by atoms with Crippen molar-refractivity contribution in [1.29, 1.82) is 0 Å². The monoisotopic (exact) mass is 440 g/mol. The summed E-state index contributed by atoms with van der Waals surface area (Å²) >= 11 is 0. The van der Waals surface area contributed by atoms with Gasteiger partial charge in [0, 0.05) is 26.2 Å². The van der Waals surface area contributed by atoms with Crippen molar-refractivity contribution in [3.63, 3.8) is 0 Å². The van der Waals surface area contributed by atoms with Crippen LogP contribution in [0.1, 0.15) is 68.2 Å². The van der Waals surface area contributed by atoms with E-state index >= 15 is 0 Å². The summed E-state index contributed by atoms with van der Waals surface area (Å²) in [6.45, 7) is 15.8. The highest BCUT2D eigenvalue weighted by Gasteiger charge is 2.16. The summed E-state index contributed by atoms with van der Waals surface area (Å²) in [6.07, 6.45) is -0.593. The zero-order chi connectivity index (χ0) is 24.8. The molecule has 0 radical (unpaired) electrons. The molecule has 0 bridgehead atoms. The number of hydrogen-bond acceptors (Lipinski definition) is 8. The van der Waals surface area contributed by atoms with Crippen molar-refractivity contribution in [3.8, 4) is 0 Å². The molecule has 0 amide bonds. The topological polar surface area (TPSA) is 180 Å². The first-order valence-corrected chi connectivity index (χ1v) is 9.79. The molecule has 8 N–H and O–H groups in total. The van der Waals surface area contributed by atoms with Gasteiger partial charge < -0.3 is 41.3 Å². The van der Waals surface area contributed by atoms with E-state index in [9.17, 15) is 30.0 Å². The molecule has 0 heterocycles. The van der Waals surface area contributed by atoms with Crippen molar-refractivity contribution in [2.45, 2.75) is 90.6 Å². The summed E-state index contributed by atoms with van der Waals surface area (Å²) < 4.78 is 0. The second-order valence-electron chi connectivity index (χ2n) is 9.74. The molecule has 0 aliphatic carbocycles. The second kappa shape index (κ2) is 14.7. The summed E-state index contributed by atoms with van der Waals surface area (Å²) in [5.41, 5.74) is -2.81. The fourth-order valence-corrected chi connectivity index (χ4v) is 1.56. The van der Waals surface area contributed by atoms with Crippen molar-refractivity contribution in [2.24, 2.45) is 0 Å². The molecule has 0 aromatic heterocycles. The number of aliphatic hydroxyl groups is 4. The third kappa shape index (κ3) is 45.4. The minimum absolute atomic E-state index is 0.296. The van der Waals surface area contributed by atoms with E-state index in [4.69, 9.17) is 10.2 Å². The molecule has 10 nitrogen and oxygen atoms in total. The first kappa shape index (κ1) is 33.3. The van der Waals surface area contributed by atoms with Gasteiger partial charge >= 0.3 is 11.9 Å². The molecular weight excluding hydrogens is 396 g/mol. The van der Waals surface area contributed by atoms with Crippen molar-refractivity contribution < 1.29 is 40.2 Å². The third-order valence-corrected chi connectivity index (χ3v) is 2.78. The van der Waals surface area contributed by atoms with Crippen molar-refractivity contribution in [2.75, 3.05) is 26.2 Å². The lowest BCUT2D eigenvalue weighted by Crippen LogP contribution is -2.42. The Balaban J connectivity index is -0.000000370. The van der Waals surface area contributed by atoms with E-state index in [-0.39, 0.29) is 12.8 Å². The first-order chi connectivity index (χ1) is 13.0. The van der Waals surface area contributed by atoms with Gasteiger partial charge in [0.1, 0.15) is 0 Å². The Morgan fingerprint density at radius 1 is 0.533 bits per heavy atom. The molecule has 0 aliphatic rings. The Labute approximate surface area is 180 Å². The van der Waals surface area contributed by atoms with Crippen molar-refractivity contribution in [3.05, 3.63) is 0 Å². The van der Waals surface area contributed by atoms with E-state index in [0.29, 0.717) is 26.2 Å². The molecule has 0 saturated heterocycles.